The van der Waals surface area contributed by atoms with Gasteiger partial charge in [-0.2, -0.15) is 9.97 Å². The van der Waals surface area contributed by atoms with Gasteiger partial charge in [0.15, 0.2) is 11.5 Å². The molecule has 0 aromatic carbocycles. The van der Waals surface area contributed by atoms with E-state index >= 15 is 0 Å². The van der Waals surface area contributed by atoms with Gasteiger partial charge in [0.25, 0.3) is 0 Å². The molecule has 0 saturated carbocycles. The third-order valence-corrected chi connectivity index (χ3v) is 3.88. The number of anilines is 1. The van der Waals surface area contributed by atoms with E-state index in [0.29, 0.717) is 5.65 Å². The van der Waals surface area contributed by atoms with Gasteiger partial charge in [0.2, 0.25) is 5.28 Å². The number of rotatable bonds is 4. The predicted octanol–water partition coefficient (Wildman–Crippen LogP) is 3.09. The highest BCUT2D eigenvalue weighted by Crippen LogP contribution is 2.25. The number of fused-ring (bicyclic) bond motifs is 1. The Balaban J connectivity index is 2.03. The molecule has 0 spiro atoms. The van der Waals surface area contributed by atoms with E-state index < -0.39 is 0 Å². The summed E-state index contributed by atoms with van der Waals surface area (Å²) in [6.07, 6.45) is 1.61. The largest absolute Gasteiger partial charge is 0.350 e. The number of aromatic amines is 1. The van der Waals surface area contributed by atoms with Crippen LogP contribution in [0.25, 0.3) is 11.2 Å². The molecule has 0 fully saturated rings. The van der Waals surface area contributed by atoms with Crippen molar-refractivity contribution in [2.45, 2.75) is 13.5 Å². The zero-order valence-electron chi connectivity index (χ0n) is 10.3. The van der Waals surface area contributed by atoms with E-state index in [2.05, 4.69) is 43.2 Å². The van der Waals surface area contributed by atoms with Gasteiger partial charge in [0.1, 0.15) is 5.52 Å². The molecule has 3 aromatic heterocycles. The summed E-state index contributed by atoms with van der Waals surface area (Å²) in [7, 11) is 0. The second-order valence-electron chi connectivity index (χ2n) is 4.01. The summed E-state index contributed by atoms with van der Waals surface area (Å²) >= 11 is 7.69. The van der Waals surface area contributed by atoms with Crippen LogP contribution in [-0.4, -0.2) is 26.5 Å². The molecule has 0 aliphatic carbocycles. The normalized spacial score (nSPS) is 11.1. The summed E-state index contributed by atoms with van der Waals surface area (Å²) in [4.78, 5) is 19.1. The Morgan fingerprint density at radius 3 is 3.05 bits per heavy atom. The van der Waals surface area contributed by atoms with E-state index in [1.807, 2.05) is 6.07 Å². The van der Waals surface area contributed by atoms with E-state index in [9.17, 15) is 0 Å². The molecule has 3 aromatic rings. The highest BCUT2D eigenvalue weighted by atomic mass is 35.5. The highest BCUT2D eigenvalue weighted by molar-refractivity contribution is 7.09. The van der Waals surface area contributed by atoms with Gasteiger partial charge in [-0.25, -0.2) is 4.98 Å². The molecule has 7 heteroatoms. The molecule has 3 heterocycles. The van der Waals surface area contributed by atoms with E-state index in [1.165, 1.54) is 4.88 Å². The minimum atomic E-state index is 0.222. The molecule has 3 rings (SSSR count). The number of hydrogen-bond donors (Lipinski definition) is 1. The Bertz CT molecular complexity index is 679. The Morgan fingerprint density at radius 1 is 1.42 bits per heavy atom. The second kappa shape index (κ2) is 5.14. The van der Waals surface area contributed by atoms with Gasteiger partial charge in [-0.3, -0.25) is 0 Å². The van der Waals surface area contributed by atoms with E-state index in [1.54, 1.807) is 17.7 Å². The maximum absolute atomic E-state index is 5.96. The Morgan fingerprint density at radius 2 is 2.32 bits per heavy atom. The van der Waals surface area contributed by atoms with Gasteiger partial charge in [0, 0.05) is 11.4 Å². The molecule has 0 amide bonds. The minimum Gasteiger partial charge on any atom is -0.350 e. The van der Waals surface area contributed by atoms with Crippen LogP contribution in [0.1, 0.15) is 11.8 Å². The fraction of sp³-hybridized carbons (Fsp3) is 0.250. The Kier molecular flexibility index (Phi) is 3.35. The van der Waals surface area contributed by atoms with Crippen LogP contribution in [0.3, 0.4) is 0 Å². The van der Waals surface area contributed by atoms with E-state index in [-0.39, 0.29) is 5.28 Å². The number of aromatic nitrogens is 4. The van der Waals surface area contributed by atoms with Gasteiger partial charge in [-0.1, -0.05) is 6.07 Å². The lowest BCUT2D eigenvalue weighted by Gasteiger charge is -2.21. The van der Waals surface area contributed by atoms with Crippen LogP contribution in [0.2, 0.25) is 5.28 Å². The van der Waals surface area contributed by atoms with Crippen molar-refractivity contribution in [3.63, 3.8) is 0 Å². The molecule has 0 radical (unpaired) electrons. The fourth-order valence-corrected chi connectivity index (χ4v) is 2.83. The topological polar surface area (TPSA) is 57.7 Å². The average molecular weight is 294 g/mol. The summed E-state index contributed by atoms with van der Waals surface area (Å²) in [5.41, 5.74) is 1.42. The van der Waals surface area contributed by atoms with E-state index in [4.69, 9.17) is 11.6 Å². The minimum absolute atomic E-state index is 0.222. The third-order valence-electron chi connectivity index (χ3n) is 2.85. The van der Waals surface area contributed by atoms with Crippen LogP contribution in [0.15, 0.2) is 23.8 Å². The lowest BCUT2D eigenvalue weighted by atomic mass is 10.3. The van der Waals surface area contributed by atoms with Crippen molar-refractivity contribution in [3.8, 4) is 0 Å². The molecule has 0 aliphatic rings. The zero-order chi connectivity index (χ0) is 13.2. The van der Waals surface area contributed by atoms with Crippen LogP contribution in [0, 0.1) is 0 Å². The van der Waals surface area contributed by atoms with Crippen molar-refractivity contribution in [1.29, 1.82) is 0 Å². The molecule has 0 saturated heterocycles. The summed E-state index contributed by atoms with van der Waals surface area (Å²) < 4.78 is 0. The SMILES string of the molecule is CCN(Cc1cccs1)c1nc(Cl)nc2nc[nH]c12. The van der Waals surface area contributed by atoms with Gasteiger partial charge in [-0.15, -0.1) is 11.3 Å². The molecular formula is C12H12ClN5S. The number of H-pyrrole nitrogens is 1. The van der Waals surface area contributed by atoms with Crippen molar-refractivity contribution in [1.82, 2.24) is 19.9 Å². The van der Waals surface area contributed by atoms with Crippen molar-refractivity contribution >= 4 is 39.9 Å². The van der Waals surface area contributed by atoms with Crippen molar-refractivity contribution in [2.75, 3.05) is 11.4 Å². The number of imidazole rings is 1. The third kappa shape index (κ3) is 2.41. The second-order valence-corrected chi connectivity index (χ2v) is 5.38. The smallest absolute Gasteiger partial charge is 0.226 e. The first-order valence-corrected chi connectivity index (χ1v) is 7.17. The number of hydrogen-bond acceptors (Lipinski definition) is 5. The Labute approximate surface area is 119 Å². The first kappa shape index (κ1) is 12.4. The molecule has 19 heavy (non-hydrogen) atoms. The summed E-state index contributed by atoms with van der Waals surface area (Å²) in [5.74, 6) is 0.795. The summed E-state index contributed by atoms with van der Waals surface area (Å²) in [5, 5.41) is 2.29. The molecule has 1 N–H and O–H groups in total. The molecular weight excluding hydrogens is 282 g/mol. The van der Waals surface area contributed by atoms with E-state index in [0.717, 1.165) is 24.4 Å². The lowest BCUT2D eigenvalue weighted by molar-refractivity contribution is 0.825. The number of nitrogens with zero attached hydrogens (tertiary/aromatic N) is 4. The van der Waals surface area contributed by atoms with Crippen LogP contribution < -0.4 is 4.90 Å². The predicted molar refractivity (Wildman–Crippen MR) is 77.7 cm³/mol. The number of thiophene rings is 1. The zero-order valence-corrected chi connectivity index (χ0v) is 11.9. The van der Waals surface area contributed by atoms with Crippen LogP contribution in [0.5, 0.6) is 0 Å². The number of nitrogens with one attached hydrogen (secondary N) is 1. The Hall–Kier alpha value is -1.66. The quantitative estimate of drug-likeness (QED) is 0.751. The van der Waals surface area contributed by atoms with Gasteiger partial charge >= 0.3 is 0 Å². The maximum atomic E-state index is 5.96. The number of halogens is 1. The summed E-state index contributed by atoms with van der Waals surface area (Å²) in [6.45, 7) is 3.72. The molecule has 0 unspecified atom stereocenters. The standard InChI is InChI=1S/C12H12ClN5S/c1-2-18(6-8-4-3-5-19-8)11-9-10(15-7-14-9)16-12(13)17-11/h3-5,7H,2,6H2,1H3,(H,14,15,16,17). The molecule has 5 nitrogen and oxygen atoms in total. The molecule has 0 aliphatic heterocycles. The van der Waals surface area contributed by atoms with Gasteiger partial charge < -0.3 is 9.88 Å². The van der Waals surface area contributed by atoms with Crippen molar-refractivity contribution < 1.29 is 0 Å². The molecule has 0 bridgehead atoms. The van der Waals surface area contributed by atoms with Crippen LogP contribution >= 0.6 is 22.9 Å². The lowest BCUT2D eigenvalue weighted by Crippen LogP contribution is -2.23. The van der Waals surface area contributed by atoms with Crippen LogP contribution in [0.4, 0.5) is 5.82 Å². The van der Waals surface area contributed by atoms with Crippen LogP contribution in [-0.2, 0) is 6.54 Å². The highest BCUT2D eigenvalue weighted by Gasteiger charge is 2.15. The molecule has 98 valence electrons. The fourth-order valence-electron chi connectivity index (χ4n) is 1.95. The first-order valence-electron chi connectivity index (χ1n) is 5.92. The van der Waals surface area contributed by atoms with Crippen molar-refractivity contribution in [2.24, 2.45) is 0 Å². The molecule has 0 atom stereocenters. The maximum Gasteiger partial charge on any atom is 0.226 e. The monoisotopic (exact) mass is 293 g/mol. The van der Waals surface area contributed by atoms with Crippen molar-refractivity contribution in [3.05, 3.63) is 34.0 Å². The van der Waals surface area contributed by atoms with Gasteiger partial charge in [0.05, 0.1) is 12.9 Å². The van der Waals surface area contributed by atoms with Gasteiger partial charge in [-0.05, 0) is 30.0 Å². The summed E-state index contributed by atoms with van der Waals surface area (Å²) in [6, 6.07) is 4.16. The average Bonchev–Trinajstić information content (AvgIpc) is 3.05. The first-order chi connectivity index (χ1) is 9.28.